The van der Waals surface area contributed by atoms with E-state index in [0.29, 0.717) is 10.8 Å². The Labute approximate surface area is 105 Å². The summed E-state index contributed by atoms with van der Waals surface area (Å²) in [6.07, 6.45) is 0. The van der Waals surface area contributed by atoms with Crippen LogP contribution in [0.5, 0.6) is 5.75 Å². The molecule has 0 spiro atoms. The molecule has 0 fully saturated rings. The topological polar surface area (TPSA) is 81.4 Å². The third-order valence-corrected chi connectivity index (χ3v) is 2.32. The summed E-state index contributed by atoms with van der Waals surface area (Å²) in [5.41, 5.74) is 4.76. The maximum Gasteiger partial charge on any atom is 0.318 e. The second-order valence-electron chi connectivity index (χ2n) is 2.78. The average Bonchev–Trinajstić information content (AvgIpc) is 2.18. The highest BCUT2D eigenvalue weighted by molar-refractivity contribution is 9.10. The Morgan fingerprint density at radius 3 is 2.81 bits per heavy atom. The highest BCUT2D eigenvalue weighted by Crippen LogP contribution is 2.27. The van der Waals surface area contributed by atoms with Crippen LogP contribution in [0.25, 0.3) is 0 Å². The molecule has 0 aromatic heterocycles. The molecule has 16 heavy (non-hydrogen) atoms. The minimum Gasteiger partial charge on any atom is -0.482 e. The number of amides is 3. The molecule has 0 saturated carbocycles. The van der Waals surface area contributed by atoms with Gasteiger partial charge in [0.15, 0.2) is 6.61 Å². The Kier molecular flexibility index (Phi) is 4.57. The van der Waals surface area contributed by atoms with Crippen LogP contribution in [0.4, 0.5) is 4.79 Å². The summed E-state index contributed by atoms with van der Waals surface area (Å²) in [6, 6.07) is 4.04. The summed E-state index contributed by atoms with van der Waals surface area (Å²) < 4.78 is 5.86. The third-order valence-electron chi connectivity index (χ3n) is 1.51. The van der Waals surface area contributed by atoms with Gasteiger partial charge in [-0.05, 0) is 18.2 Å². The lowest BCUT2D eigenvalue weighted by molar-refractivity contribution is -0.121. The van der Waals surface area contributed by atoms with Crippen molar-refractivity contribution in [1.29, 1.82) is 0 Å². The van der Waals surface area contributed by atoms with Crippen LogP contribution in [-0.4, -0.2) is 18.5 Å². The van der Waals surface area contributed by atoms with Crippen LogP contribution in [0.1, 0.15) is 0 Å². The molecular formula is C9H8BrClN2O3. The van der Waals surface area contributed by atoms with Gasteiger partial charge in [-0.1, -0.05) is 27.5 Å². The molecule has 0 radical (unpaired) electrons. The summed E-state index contributed by atoms with van der Waals surface area (Å²) in [5.74, 6) is -0.292. The van der Waals surface area contributed by atoms with Gasteiger partial charge in [0.25, 0.3) is 5.91 Å². The number of ether oxygens (including phenoxy) is 1. The first kappa shape index (κ1) is 12.8. The second kappa shape index (κ2) is 5.72. The Bertz CT molecular complexity index is 425. The van der Waals surface area contributed by atoms with Crippen LogP contribution >= 0.6 is 27.5 Å². The number of hydrogen-bond acceptors (Lipinski definition) is 3. The SMILES string of the molecule is NC(=O)NC(=O)COc1cc(Br)ccc1Cl. The number of rotatable bonds is 3. The van der Waals surface area contributed by atoms with Crippen molar-refractivity contribution in [1.82, 2.24) is 5.32 Å². The second-order valence-corrected chi connectivity index (χ2v) is 4.10. The van der Waals surface area contributed by atoms with Gasteiger partial charge in [-0.2, -0.15) is 0 Å². The quantitative estimate of drug-likeness (QED) is 0.891. The number of hydrogen-bond donors (Lipinski definition) is 2. The fourth-order valence-corrected chi connectivity index (χ4v) is 1.42. The molecule has 3 amide bonds. The number of carbonyl (C=O) groups is 2. The van der Waals surface area contributed by atoms with Crippen molar-refractivity contribution in [3.05, 3.63) is 27.7 Å². The van der Waals surface area contributed by atoms with E-state index in [-0.39, 0.29) is 6.61 Å². The van der Waals surface area contributed by atoms with Gasteiger partial charge in [0.1, 0.15) is 5.75 Å². The molecule has 0 unspecified atom stereocenters. The molecule has 0 aliphatic rings. The van der Waals surface area contributed by atoms with Crippen molar-refractivity contribution in [2.24, 2.45) is 5.73 Å². The molecule has 0 saturated heterocycles. The number of urea groups is 1. The van der Waals surface area contributed by atoms with Crippen LogP contribution in [0.3, 0.4) is 0 Å². The van der Waals surface area contributed by atoms with Gasteiger partial charge in [0.05, 0.1) is 5.02 Å². The summed E-state index contributed by atoms with van der Waals surface area (Å²) in [4.78, 5) is 21.4. The monoisotopic (exact) mass is 306 g/mol. The molecule has 86 valence electrons. The minimum absolute atomic E-state index is 0.334. The van der Waals surface area contributed by atoms with Crippen molar-refractivity contribution in [3.63, 3.8) is 0 Å². The van der Waals surface area contributed by atoms with Crippen LogP contribution in [0.15, 0.2) is 22.7 Å². The van der Waals surface area contributed by atoms with Crippen LogP contribution < -0.4 is 15.8 Å². The standard InChI is InChI=1S/C9H8BrClN2O3/c10-5-1-2-6(11)7(3-5)16-4-8(14)13-9(12)15/h1-3H,4H2,(H3,12,13,14,15). The van der Waals surface area contributed by atoms with Crippen molar-refractivity contribution >= 4 is 39.5 Å². The molecule has 7 heteroatoms. The number of benzene rings is 1. The van der Waals surface area contributed by atoms with Gasteiger partial charge in [0, 0.05) is 4.47 Å². The maximum atomic E-state index is 11.0. The van der Waals surface area contributed by atoms with E-state index in [1.54, 1.807) is 18.2 Å². The average molecular weight is 308 g/mol. The van der Waals surface area contributed by atoms with Crippen molar-refractivity contribution in [2.45, 2.75) is 0 Å². The normalized spacial score (nSPS) is 9.62. The zero-order valence-electron chi connectivity index (χ0n) is 8.00. The first-order chi connectivity index (χ1) is 7.49. The third kappa shape index (κ3) is 4.08. The number of carbonyl (C=O) groups excluding carboxylic acids is 2. The number of primary amides is 1. The van der Waals surface area contributed by atoms with Crippen LogP contribution in [0, 0.1) is 0 Å². The van der Waals surface area contributed by atoms with E-state index in [1.165, 1.54) is 0 Å². The van der Waals surface area contributed by atoms with E-state index >= 15 is 0 Å². The lowest BCUT2D eigenvalue weighted by Crippen LogP contribution is -2.38. The first-order valence-corrected chi connectivity index (χ1v) is 5.33. The van der Waals surface area contributed by atoms with E-state index in [9.17, 15) is 9.59 Å². The van der Waals surface area contributed by atoms with E-state index in [1.807, 2.05) is 5.32 Å². The molecule has 3 N–H and O–H groups in total. The Balaban J connectivity index is 2.57. The lowest BCUT2D eigenvalue weighted by Gasteiger charge is -2.07. The maximum absolute atomic E-state index is 11.0. The Hall–Kier alpha value is -1.27. The smallest absolute Gasteiger partial charge is 0.318 e. The highest BCUT2D eigenvalue weighted by atomic mass is 79.9. The zero-order valence-corrected chi connectivity index (χ0v) is 10.3. The molecule has 0 atom stereocenters. The number of nitrogens with one attached hydrogen (secondary N) is 1. The summed E-state index contributed by atoms with van der Waals surface area (Å²) in [5, 5.41) is 2.24. The minimum atomic E-state index is -0.922. The van der Waals surface area contributed by atoms with E-state index in [2.05, 4.69) is 15.9 Å². The molecule has 1 aromatic carbocycles. The molecular weight excluding hydrogens is 299 g/mol. The van der Waals surface area contributed by atoms with Crippen molar-refractivity contribution in [2.75, 3.05) is 6.61 Å². The first-order valence-electron chi connectivity index (χ1n) is 4.16. The van der Waals surface area contributed by atoms with Gasteiger partial charge in [-0.3, -0.25) is 10.1 Å². The number of imide groups is 1. The zero-order chi connectivity index (χ0) is 12.1. The number of nitrogens with two attached hydrogens (primary N) is 1. The lowest BCUT2D eigenvalue weighted by atomic mass is 10.3. The molecule has 1 rings (SSSR count). The molecule has 1 aromatic rings. The van der Waals surface area contributed by atoms with Crippen molar-refractivity contribution in [3.8, 4) is 5.75 Å². The molecule has 0 heterocycles. The Morgan fingerprint density at radius 2 is 2.19 bits per heavy atom. The van der Waals surface area contributed by atoms with Gasteiger partial charge in [-0.15, -0.1) is 0 Å². The predicted octanol–water partition coefficient (Wildman–Crippen LogP) is 1.68. The van der Waals surface area contributed by atoms with E-state index in [4.69, 9.17) is 22.1 Å². The van der Waals surface area contributed by atoms with Crippen LogP contribution in [-0.2, 0) is 4.79 Å². The molecule has 5 nitrogen and oxygen atoms in total. The predicted molar refractivity (Wildman–Crippen MR) is 62.4 cm³/mol. The molecule has 0 bridgehead atoms. The van der Waals surface area contributed by atoms with Gasteiger partial charge in [-0.25, -0.2) is 4.79 Å². The van der Waals surface area contributed by atoms with E-state index < -0.39 is 11.9 Å². The fraction of sp³-hybridized carbons (Fsp3) is 0.111. The van der Waals surface area contributed by atoms with Gasteiger partial charge >= 0.3 is 6.03 Å². The van der Waals surface area contributed by atoms with E-state index in [0.717, 1.165) is 4.47 Å². The number of halogens is 2. The highest BCUT2D eigenvalue weighted by Gasteiger charge is 2.07. The summed E-state index contributed by atoms with van der Waals surface area (Å²) in [7, 11) is 0. The fourth-order valence-electron chi connectivity index (χ4n) is 0.905. The summed E-state index contributed by atoms with van der Waals surface area (Å²) in [6.45, 7) is -0.334. The van der Waals surface area contributed by atoms with Gasteiger partial charge in [0.2, 0.25) is 0 Å². The largest absolute Gasteiger partial charge is 0.482 e. The molecule has 0 aliphatic carbocycles. The van der Waals surface area contributed by atoms with Gasteiger partial charge < -0.3 is 10.5 Å². The molecule has 0 aliphatic heterocycles. The van der Waals surface area contributed by atoms with Crippen LogP contribution in [0.2, 0.25) is 5.02 Å². The Morgan fingerprint density at radius 1 is 1.50 bits per heavy atom. The summed E-state index contributed by atoms with van der Waals surface area (Å²) >= 11 is 9.05. The van der Waals surface area contributed by atoms with Crippen molar-refractivity contribution < 1.29 is 14.3 Å².